The third kappa shape index (κ3) is 3.49. The lowest BCUT2D eigenvalue weighted by atomic mass is 9.92. The monoisotopic (exact) mass is 438 g/mol. The average Bonchev–Trinajstić information content (AvgIpc) is 2.83. The summed E-state index contributed by atoms with van der Waals surface area (Å²) in [5.74, 6) is -0.105. The first-order valence-corrected chi connectivity index (χ1v) is 9.73. The number of amides is 3. The van der Waals surface area contributed by atoms with E-state index in [9.17, 15) is 14.0 Å². The second-order valence-corrected chi connectivity index (χ2v) is 7.84. The van der Waals surface area contributed by atoms with Crippen molar-refractivity contribution in [2.24, 2.45) is 0 Å². The molecule has 1 atom stereocenters. The van der Waals surface area contributed by atoms with Crippen LogP contribution >= 0.6 is 23.2 Å². The number of carbonyl (C=O) groups excluding carboxylic acids is 2. The van der Waals surface area contributed by atoms with E-state index in [0.717, 1.165) is 17.4 Å². The fourth-order valence-electron chi connectivity index (χ4n) is 3.48. The van der Waals surface area contributed by atoms with Crippen molar-refractivity contribution in [3.8, 4) is 11.5 Å². The standard InChI is InChI=1S/C20H17Cl2FN2O4/c1-20(13-4-3-12(23)9-14(13)21)18(26)25(19(27)24-20)10-11-7-15(22)17-16(8-11)28-5-2-6-29-17/h3-4,7-9H,2,5-6,10H2,1H3,(H,24,27). The van der Waals surface area contributed by atoms with Crippen LogP contribution < -0.4 is 14.8 Å². The van der Waals surface area contributed by atoms with Gasteiger partial charge in [-0.2, -0.15) is 0 Å². The highest BCUT2D eigenvalue weighted by Crippen LogP contribution is 2.39. The number of nitrogens with zero attached hydrogens (tertiary/aromatic N) is 1. The molecule has 0 aromatic heterocycles. The van der Waals surface area contributed by atoms with Gasteiger partial charge in [-0.3, -0.25) is 9.69 Å². The Balaban J connectivity index is 1.63. The summed E-state index contributed by atoms with van der Waals surface area (Å²) >= 11 is 12.4. The maximum Gasteiger partial charge on any atom is 0.325 e. The molecule has 2 heterocycles. The molecule has 29 heavy (non-hydrogen) atoms. The Morgan fingerprint density at radius 2 is 1.90 bits per heavy atom. The topological polar surface area (TPSA) is 67.9 Å². The summed E-state index contributed by atoms with van der Waals surface area (Å²) in [5, 5.41) is 3.06. The van der Waals surface area contributed by atoms with Gasteiger partial charge in [0, 0.05) is 17.0 Å². The van der Waals surface area contributed by atoms with Gasteiger partial charge in [0.1, 0.15) is 11.4 Å². The van der Waals surface area contributed by atoms with Gasteiger partial charge in [0.25, 0.3) is 5.91 Å². The van der Waals surface area contributed by atoms with Crippen LogP contribution in [-0.2, 0) is 16.9 Å². The second kappa shape index (κ2) is 7.39. The molecule has 0 spiro atoms. The molecule has 0 bridgehead atoms. The largest absolute Gasteiger partial charge is 0.489 e. The van der Waals surface area contributed by atoms with Gasteiger partial charge < -0.3 is 14.8 Å². The van der Waals surface area contributed by atoms with E-state index in [-0.39, 0.29) is 11.6 Å². The fraction of sp³-hybridized carbons (Fsp3) is 0.300. The van der Waals surface area contributed by atoms with E-state index >= 15 is 0 Å². The van der Waals surface area contributed by atoms with Crippen LogP contribution in [0.1, 0.15) is 24.5 Å². The van der Waals surface area contributed by atoms with Crippen LogP contribution in [0.5, 0.6) is 11.5 Å². The molecule has 1 fully saturated rings. The molecule has 0 radical (unpaired) electrons. The van der Waals surface area contributed by atoms with Gasteiger partial charge in [-0.1, -0.05) is 29.3 Å². The lowest BCUT2D eigenvalue weighted by Gasteiger charge is -2.23. The van der Waals surface area contributed by atoms with E-state index in [2.05, 4.69) is 5.32 Å². The third-order valence-corrected chi connectivity index (χ3v) is 5.54. The van der Waals surface area contributed by atoms with E-state index < -0.39 is 23.3 Å². The van der Waals surface area contributed by atoms with Crippen LogP contribution in [-0.4, -0.2) is 30.1 Å². The molecule has 0 saturated carbocycles. The lowest BCUT2D eigenvalue weighted by Crippen LogP contribution is -2.41. The number of halogens is 3. The third-order valence-electron chi connectivity index (χ3n) is 4.95. The van der Waals surface area contributed by atoms with Gasteiger partial charge in [-0.05, 0) is 36.8 Å². The highest BCUT2D eigenvalue weighted by Gasteiger charge is 2.49. The summed E-state index contributed by atoms with van der Waals surface area (Å²) in [6, 6.07) is 6.45. The van der Waals surface area contributed by atoms with Crippen molar-refractivity contribution in [1.29, 1.82) is 0 Å². The Labute approximate surface area is 176 Å². The summed E-state index contributed by atoms with van der Waals surface area (Å²) in [7, 11) is 0. The molecule has 2 aromatic rings. The summed E-state index contributed by atoms with van der Waals surface area (Å²) in [6.07, 6.45) is 0.726. The predicted octanol–water partition coefficient (Wildman–Crippen LogP) is 4.26. The van der Waals surface area contributed by atoms with E-state index in [0.29, 0.717) is 40.9 Å². The number of hydrogen-bond donors (Lipinski definition) is 1. The number of hydrogen-bond acceptors (Lipinski definition) is 4. The first kappa shape index (κ1) is 19.8. The molecule has 2 aliphatic heterocycles. The molecule has 3 amide bonds. The van der Waals surface area contributed by atoms with Crippen molar-refractivity contribution in [2.75, 3.05) is 13.2 Å². The molecular weight excluding hydrogens is 422 g/mol. The van der Waals surface area contributed by atoms with Gasteiger partial charge >= 0.3 is 6.03 Å². The number of urea groups is 1. The molecule has 4 rings (SSSR count). The van der Waals surface area contributed by atoms with Gasteiger partial charge in [0.2, 0.25) is 0 Å². The van der Waals surface area contributed by atoms with Crippen LogP contribution in [0.4, 0.5) is 9.18 Å². The zero-order valence-electron chi connectivity index (χ0n) is 15.4. The Bertz CT molecular complexity index is 1020. The van der Waals surface area contributed by atoms with E-state index in [1.165, 1.54) is 19.1 Å². The second-order valence-electron chi connectivity index (χ2n) is 7.03. The number of carbonyl (C=O) groups is 2. The minimum absolute atomic E-state index is 0.0184. The highest BCUT2D eigenvalue weighted by atomic mass is 35.5. The number of imide groups is 1. The van der Waals surface area contributed by atoms with Crippen LogP contribution in [0.15, 0.2) is 30.3 Å². The normalized spacial score (nSPS) is 21.2. The molecule has 6 nitrogen and oxygen atoms in total. The summed E-state index contributed by atoms with van der Waals surface area (Å²) in [4.78, 5) is 26.7. The molecule has 0 aliphatic carbocycles. The van der Waals surface area contributed by atoms with Crippen LogP contribution in [0.3, 0.4) is 0 Å². The Hall–Kier alpha value is -2.51. The molecule has 1 unspecified atom stereocenters. The van der Waals surface area contributed by atoms with Crippen molar-refractivity contribution < 1.29 is 23.5 Å². The number of fused-ring (bicyclic) bond motifs is 1. The number of ether oxygens (including phenoxy) is 2. The zero-order chi connectivity index (χ0) is 20.8. The van der Waals surface area contributed by atoms with Crippen LogP contribution in [0.2, 0.25) is 10.0 Å². The zero-order valence-corrected chi connectivity index (χ0v) is 16.9. The minimum Gasteiger partial charge on any atom is -0.489 e. The molecule has 2 aliphatic rings. The Kier molecular flexibility index (Phi) is 5.04. The van der Waals surface area contributed by atoms with Gasteiger partial charge in [-0.15, -0.1) is 0 Å². The van der Waals surface area contributed by atoms with Crippen LogP contribution in [0.25, 0.3) is 0 Å². The van der Waals surface area contributed by atoms with Crippen molar-refractivity contribution in [1.82, 2.24) is 10.2 Å². The predicted molar refractivity (Wildman–Crippen MR) is 105 cm³/mol. The number of nitrogens with one attached hydrogen (secondary N) is 1. The summed E-state index contributed by atoms with van der Waals surface area (Å²) in [6.45, 7) is 2.50. The first-order valence-electron chi connectivity index (χ1n) is 8.97. The van der Waals surface area contributed by atoms with Crippen LogP contribution in [0, 0.1) is 5.82 Å². The maximum atomic E-state index is 13.4. The van der Waals surface area contributed by atoms with E-state index in [4.69, 9.17) is 32.7 Å². The fourth-order valence-corrected chi connectivity index (χ4v) is 4.12. The van der Waals surface area contributed by atoms with Gasteiger partial charge in [-0.25, -0.2) is 9.18 Å². The van der Waals surface area contributed by atoms with Gasteiger partial charge in [0.05, 0.1) is 24.8 Å². The number of rotatable bonds is 3. The van der Waals surface area contributed by atoms with Crippen molar-refractivity contribution in [2.45, 2.75) is 25.4 Å². The summed E-state index contributed by atoms with van der Waals surface area (Å²) in [5.41, 5.74) is -0.480. The molecule has 1 N–H and O–H groups in total. The lowest BCUT2D eigenvalue weighted by molar-refractivity contribution is -0.131. The van der Waals surface area contributed by atoms with Gasteiger partial charge in [0.15, 0.2) is 11.5 Å². The Morgan fingerprint density at radius 1 is 1.14 bits per heavy atom. The van der Waals surface area contributed by atoms with Crippen molar-refractivity contribution >= 4 is 35.1 Å². The van der Waals surface area contributed by atoms with Crippen molar-refractivity contribution in [3.05, 3.63) is 57.3 Å². The Morgan fingerprint density at radius 3 is 2.66 bits per heavy atom. The average molecular weight is 439 g/mol. The molecule has 152 valence electrons. The smallest absolute Gasteiger partial charge is 0.325 e. The molecule has 9 heteroatoms. The first-order chi connectivity index (χ1) is 13.8. The highest BCUT2D eigenvalue weighted by molar-refractivity contribution is 6.32. The molecular formula is C20H17Cl2FN2O4. The van der Waals surface area contributed by atoms with Crippen molar-refractivity contribution in [3.63, 3.8) is 0 Å². The maximum absolute atomic E-state index is 13.4. The SMILES string of the molecule is CC1(c2ccc(F)cc2Cl)NC(=O)N(Cc2cc(Cl)c3c(c2)OCCCO3)C1=O. The van der Waals surface area contributed by atoms with E-state index in [1.807, 2.05) is 0 Å². The molecule has 1 saturated heterocycles. The minimum atomic E-state index is -1.41. The summed E-state index contributed by atoms with van der Waals surface area (Å²) < 4.78 is 24.7. The number of benzene rings is 2. The molecule has 2 aromatic carbocycles. The quantitative estimate of drug-likeness (QED) is 0.726. The van der Waals surface area contributed by atoms with E-state index in [1.54, 1.807) is 12.1 Å².